The third kappa shape index (κ3) is 3.84. The van der Waals surface area contributed by atoms with Crippen molar-refractivity contribution in [3.05, 3.63) is 65.7 Å². The van der Waals surface area contributed by atoms with E-state index in [1.807, 2.05) is 48.5 Å². The predicted molar refractivity (Wildman–Crippen MR) is 75.9 cm³/mol. The Morgan fingerprint density at radius 3 is 2.42 bits per heavy atom. The number of carbonyl (C=O) groups is 1. The van der Waals surface area contributed by atoms with Gasteiger partial charge in [-0.3, -0.25) is 4.79 Å². The van der Waals surface area contributed by atoms with Crippen LogP contribution in [-0.2, 0) is 22.6 Å². The molecule has 2 aromatic carbocycles. The Bertz CT molecular complexity index is 557. The minimum Gasteiger partial charge on any atom is -0.588 e. The minimum absolute atomic E-state index is 0.298. The van der Waals surface area contributed by atoms with Crippen molar-refractivity contribution in [3.8, 4) is 0 Å². The molecule has 2 aromatic rings. The van der Waals surface area contributed by atoms with E-state index in [1.54, 1.807) is 6.07 Å². The lowest BCUT2D eigenvalue weighted by Gasteiger charge is -2.12. The van der Waals surface area contributed by atoms with E-state index in [4.69, 9.17) is 0 Å². The van der Waals surface area contributed by atoms with Crippen LogP contribution >= 0.6 is 0 Å². The Kier molecular flexibility index (Phi) is 4.60. The largest absolute Gasteiger partial charge is 0.588 e. The molecule has 0 aliphatic carbocycles. The molecule has 1 atom stereocenters. The lowest BCUT2D eigenvalue weighted by molar-refractivity contribution is -0.117. The van der Waals surface area contributed by atoms with Crippen LogP contribution < -0.4 is 4.72 Å². The normalized spacial score (nSPS) is 11.9. The van der Waals surface area contributed by atoms with Crippen LogP contribution in [0.25, 0.3) is 0 Å². The Labute approximate surface area is 116 Å². The van der Waals surface area contributed by atoms with Crippen LogP contribution in [0.2, 0.25) is 0 Å². The fourth-order valence-corrected chi connectivity index (χ4v) is 2.78. The minimum atomic E-state index is -1.50. The first-order valence-electron chi connectivity index (χ1n) is 5.97. The molecule has 0 saturated heterocycles. The van der Waals surface area contributed by atoms with Crippen LogP contribution in [-0.4, -0.2) is 10.5 Å². The van der Waals surface area contributed by atoms with Crippen molar-refractivity contribution < 1.29 is 9.35 Å². The molecule has 0 radical (unpaired) electrons. The fourth-order valence-electron chi connectivity index (χ4n) is 1.83. The first-order chi connectivity index (χ1) is 9.16. The maximum absolute atomic E-state index is 12.0. The highest BCUT2D eigenvalue weighted by molar-refractivity contribution is 7.90. The molecular weight excluding hydrogens is 258 g/mol. The Balaban J connectivity index is 2.23. The molecule has 0 aliphatic rings. The van der Waals surface area contributed by atoms with Gasteiger partial charge in [0.05, 0.1) is 0 Å². The van der Waals surface area contributed by atoms with Gasteiger partial charge >= 0.3 is 0 Å². The maximum atomic E-state index is 12.0. The quantitative estimate of drug-likeness (QED) is 0.870. The Morgan fingerprint density at radius 2 is 1.74 bits per heavy atom. The number of hydrogen-bond donors (Lipinski definition) is 1. The zero-order chi connectivity index (χ0) is 13.7. The summed E-state index contributed by atoms with van der Waals surface area (Å²) < 4.78 is 14.5. The molecule has 0 saturated carbocycles. The van der Waals surface area contributed by atoms with Crippen LogP contribution in [0.3, 0.4) is 0 Å². The van der Waals surface area contributed by atoms with Gasteiger partial charge in [0, 0.05) is 18.9 Å². The van der Waals surface area contributed by atoms with Gasteiger partial charge in [-0.15, -0.1) is 0 Å². The molecule has 4 heteroatoms. The van der Waals surface area contributed by atoms with E-state index in [-0.39, 0.29) is 5.91 Å². The average molecular weight is 273 g/mol. The SMILES string of the molecule is CC(=O)N[S+]([O-])c1ccccc1Cc1ccccc1. The van der Waals surface area contributed by atoms with Crippen LogP contribution in [0.15, 0.2) is 59.5 Å². The average Bonchev–Trinajstić information content (AvgIpc) is 2.39. The second-order valence-corrected chi connectivity index (χ2v) is 5.38. The molecule has 2 rings (SSSR count). The molecule has 98 valence electrons. The van der Waals surface area contributed by atoms with Crippen LogP contribution in [0.5, 0.6) is 0 Å². The van der Waals surface area contributed by atoms with Gasteiger partial charge in [-0.2, -0.15) is 4.72 Å². The number of carbonyl (C=O) groups excluding carboxylic acids is 1. The summed E-state index contributed by atoms with van der Waals surface area (Å²) in [6.45, 7) is 1.36. The summed E-state index contributed by atoms with van der Waals surface area (Å²) in [6, 6.07) is 17.4. The number of rotatable bonds is 4. The van der Waals surface area contributed by atoms with Gasteiger partial charge in [-0.25, -0.2) is 0 Å². The van der Waals surface area contributed by atoms with E-state index < -0.39 is 11.4 Å². The van der Waals surface area contributed by atoms with Gasteiger partial charge in [-0.05, 0) is 11.6 Å². The molecule has 19 heavy (non-hydrogen) atoms. The lowest BCUT2D eigenvalue weighted by Crippen LogP contribution is -2.29. The Morgan fingerprint density at radius 1 is 1.11 bits per heavy atom. The van der Waals surface area contributed by atoms with E-state index in [9.17, 15) is 9.35 Å². The first kappa shape index (κ1) is 13.6. The van der Waals surface area contributed by atoms with Crippen LogP contribution in [0, 0.1) is 0 Å². The van der Waals surface area contributed by atoms with Gasteiger partial charge in [-0.1, -0.05) is 48.5 Å². The molecule has 0 aromatic heterocycles. The molecule has 0 fully saturated rings. The highest BCUT2D eigenvalue weighted by atomic mass is 32.2. The van der Waals surface area contributed by atoms with Crippen molar-refractivity contribution in [2.24, 2.45) is 0 Å². The van der Waals surface area contributed by atoms with E-state index >= 15 is 0 Å². The summed E-state index contributed by atoms with van der Waals surface area (Å²) in [5.74, 6) is -0.298. The summed E-state index contributed by atoms with van der Waals surface area (Å²) in [5, 5.41) is 0. The molecule has 1 N–H and O–H groups in total. The number of nitrogens with one attached hydrogen (secondary N) is 1. The molecule has 0 spiro atoms. The molecule has 1 unspecified atom stereocenters. The van der Waals surface area contributed by atoms with Crippen molar-refractivity contribution in [2.75, 3.05) is 0 Å². The number of amides is 1. The van der Waals surface area contributed by atoms with Crippen molar-refractivity contribution >= 4 is 17.3 Å². The van der Waals surface area contributed by atoms with E-state index in [1.165, 1.54) is 6.92 Å². The Hall–Kier alpha value is -1.78. The van der Waals surface area contributed by atoms with Gasteiger partial charge in [0.25, 0.3) is 5.91 Å². The van der Waals surface area contributed by atoms with Crippen molar-refractivity contribution in [1.82, 2.24) is 4.72 Å². The van der Waals surface area contributed by atoms with Crippen molar-refractivity contribution in [3.63, 3.8) is 0 Å². The zero-order valence-corrected chi connectivity index (χ0v) is 11.4. The van der Waals surface area contributed by atoms with E-state index in [0.29, 0.717) is 11.3 Å². The first-order valence-corrected chi connectivity index (χ1v) is 7.12. The topological polar surface area (TPSA) is 52.2 Å². The maximum Gasteiger partial charge on any atom is 0.258 e. The summed E-state index contributed by atoms with van der Waals surface area (Å²) in [5.41, 5.74) is 2.11. The lowest BCUT2D eigenvalue weighted by atomic mass is 10.1. The third-order valence-electron chi connectivity index (χ3n) is 2.65. The van der Waals surface area contributed by atoms with E-state index in [2.05, 4.69) is 4.72 Å². The number of benzene rings is 2. The van der Waals surface area contributed by atoms with Gasteiger partial charge in [0.2, 0.25) is 0 Å². The third-order valence-corrected chi connectivity index (χ3v) is 3.92. The molecule has 0 bridgehead atoms. The van der Waals surface area contributed by atoms with Crippen LogP contribution in [0.4, 0.5) is 0 Å². The van der Waals surface area contributed by atoms with E-state index in [0.717, 1.165) is 11.1 Å². The predicted octanol–water partition coefficient (Wildman–Crippen LogP) is 2.44. The number of hydrogen-bond acceptors (Lipinski definition) is 2. The summed E-state index contributed by atoms with van der Waals surface area (Å²) in [6.07, 6.45) is 0.697. The highest BCUT2D eigenvalue weighted by Crippen LogP contribution is 2.18. The summed E-state index contributed by atoms with van der Waals surface area (Å²) in [4.78, 5) is 11.6. The smallest absolute Gasteiger partial charge is 0.258 e. The van der Waals surface area contributed by atoms with Crippen molar-refractivity contribution in [2.45, 2.75) is 18.2 Å². The monoisotopic (exact) mass is 273 g/mol. The molecular formula is C15H15NO2S. The fraction of sp³-hybridized carbons (Fsp3) is 0.133. The summed E-state index contributed by atoms with van der Waals surface area (Å²) in [7, 11) is 0. The molecule has 0 heterocycles. The molecule has 3 nitrogen and oxygen atoms in total. The second-order valence-electron chi connectivity index (χ2n) is 4.20. The van der Waals surface area contributed by atoms with Crippen LogP contribution in [0.1, 0.15) is 18.1 Å². The zero-order valence-electron chi connectivity index (χ0n) is 10.6. The highest BCUT2D eigenvalue weighted by Gasteiger charge is 2.17. The molecule has 0 aliphatic heterocycles. The van der Waals surface area contributed by atoms with Gasteiger partial charge in [0.15, 0.2) is 4.90 Å². The van der Waals surface area contributed by atoms with Crippen molar-refractivity contribution in [1.29, 1.82) is 0 Å². The van der Waals surface area contributed by atoms with Gasteiger partial charge in [0.1, 0.15) is 11.4 Å². The molecule has 1 amide bonds. The standard InChI is InChI=1S/C15H15NO2S/c1-12(17)16-19(18)15-10-6-5-9-14(15)11-13-7-3-2-4-8-13/h2-10H,11H2,1H3,(H,16,17). The second kappa shape index (κ2) is 6.41. The van der Waals surface area contributed by atoms with Gasteiger partial charge < -0.3 is 4.55 Å². The summed E-state index contributed by atoms with van der Waals surface area (Å²) >= 11 is -1.50.